The summed E-state index contributed by atoms with van der Waals surface area (Å²) in [5.41, 5.74) is 2.93. The SMILES string of the molecule is CC(=O)NCCNC(=O)c1ccc(OCc2c(-c3ccccc3)noc2C)nc1. The highest BCUT2D eigenvalue weighted by atomic mass is 16.5. The summed E-state index contributed by atoms with van der Waals surface area (Å²) in [6, 6.07) is 13.0. The standard InChI is InChI=1S/C21H22N4O4/c1-14-18(20(25-29-14)16-6-4-3-5-7-16)13-28-19-9-8-17(12-24-19)21(27)23-11-10-22-15(2)26/h3-9,12H,10-11,13H2,1-2H3,(H,22,26)(H,23,27). The normalized spacial score (nSPS) is 10.4. The molecule has 0 fully saturated rings. The summed E-state index contributed by atoms with van der Waals surface area (Å²) >= 11 is 0. The van der Waals surface area contributed by atoms with Gasteiger partial charge in [-0.2, -0.15) is 0 Å². The largest absolute Gasteiger partial charge is 0.473 e. The number of carbonyl (C=O) groups excluding carboxylic acids is 2. The van der Waals surface area contributed by atoms with Gasteiger partial charge in [-0.1, -0.05) is 35.5 Å². The van der Waals surface area contributed by atoms with Gasteiger partial charge in [-0.25, -0.2) is 4.98 Å². The molecule has 0 bridgehead atoms. The second-order valence-electron chi connectivity index (χ2n) is 6.34. The molecular formula is C21H22N4O4. The molecule has 2 heterocycles. The lowest BCUT2D eigenvalue weighted by Gasteiger charge is -2.08. The summed E-state index contributed by atoms with van der Waals surface area (Å²) in [6.07, 6.45) is 1.45. The summed E-state index contributed by atoms with van der Waals surface area (Å²) in [5.74, 6) is 0.662. The van der Waals surface area contributed by atoms with Crippen molar-refractivity contribution >= 4 is 11.8 Å². The molecule has 3 aromatic rings. The van der Waals surface area contributed by atoms with Crippen molar-refractivity contribution in [3.63, 3.8) is 0 Å². The molecular weight excluding hydrogens is 372 g/mol. The van der Waals surface area contributed by atoms with E-state index in [4.69, 9.17) is 9.26 Å². The van der Waals surface area contributed by atoms with Crippen molar-refractivity contribution in [3.8, 4) is 17.1 Å². The van der Waals surface area contributed by atoms with Crippen LogP contribution < -0.4 is 15.4 Å². The van der Waals surface area contributed by atoms with Crippen LogP contribution in [0, 0.1) is 6.92 Å². The zero-order valence-corrected chi connectivity index (χ0v) is 16.3. The molecule has 2 N–H and O–H groups in total. The zero-order chi connectivity index (χ0) is 20.6. The van der Waals surface area contributed by atoms with Gasteiger partial charge in [0.05, 0.1) is 11.1 Å². The fraction of sp³-hybridized carbons (Fsp3) is 0.238. The van der Waals surface area contributed by atoms with Gasteiger partial charge in [-0.3, -0.25) is 9.59 Å². The van der Waals surface area contributed by atoms with Crippen LogP contribution in [0.15, 0.2) is 53.2 Å². The Labute approximate surface area is 168 Å². The van der Waals surface area contributed by atoms with Crippen molar-refractivity contribution in [2.45, 2.75) is 20.5 Å². The van der Waals surface area contributed by atoms with E-state index < -0.39 is 0 Å². The molecule has 0 spiro atoms. The molecule has 3 rings (SSSR count). The fourth-order valence-electron chi connectivity index (χ4n) is 2.65. The van der Waals surface area contributed by atoms with Gasteiger partial charge in [0.1, 0.15) is 18.1 Å². The maximum Gasteiger partial charge on any atom is 0.252 e. The van der Waals surface area contributed by atoms with Crippen LogP contribution in [0.5, 0.6) is 5.88 Å². The molecule has 8 nitrogen and oxygen atoms in total. The maximum atomic E-state index is 12.1. The molecule has 150 valence electrons. The van der Waals surface area contributed by atoms with E-state index >= 15 is 0 Å². The zero-order valence-electron chi connectivity index (χ0n) is 16.3. The Bertz CT molecular complexity index is 968. The van der Waals surface area contributed by atoms with Gasteiger partial charge in [-0.15, -0.1) is 0 Å². The van der Waals surface area contributed by atoms with Gasteiger partial charge in [-0.05, 0) is 13.0 Å². The minimum absolute atomic E-state index is 0.138. The highest BCUT2D eigenvalue weighted by molar-refractivity contribution is 5.93. The molecule has 0 unspecified atom stereocenters. The van der Waals surface area contributed by atoms with E-state index in [0.717, 1.165) is 16.8 Å². The van der Waals surface area contributed by atoms with Gasteiger partial charge in [0.2, 0.25) is 11.8 Å². The average Bonchev–Trinajstić information content (AvgIpc) is 3.11. The molecule has 29 heavy (non-hydrogen) atoms. The van der Waals surface area contributed by atoms with Crippen LogP contribution in [0.4, 0.5) is 0 Å². The topological polar surface area (TPSA) is 106 Å². The number of aromatic nitrogens is 2. The molecule has 0 saturated heterocycles. The Morgan fingerprint density at radius 2 is 1.83 bits per heavy atom. The third-order valence-corrected chi connectivity index (χ3v) is 4.18. The lowest BCUT2D eigenvalue weighted by atomic mass is 10.1. The van der Waals surface area contributed by atoms with Crippen molar-refractivity contribution in [2.24, 2.45) is 0 Å². The maximum absolute atomic E-state index is 12.1. The summed E-state index contributed by atoms with van der Waals surface area (Å²) < 4.78 is 11.1. The third-order valence-electron chi connectivity index (χ3n) is 4.18. The molecule has 8 heteroatoms. The van der Waals surface area contributed by atoms with E-state index in [2.05, 4.69) is 20.8 Å². The molecule has 0 aliphatic carbocycles. The van der Waals surface area contributed by atoms with Crippen LogP contribution in [0.25, 0.3) is 11.3 Å². The predicted molar refractivity (Wildman–Crippen MR) is 106 cm³/mol. The molecule has 0 aliphatic rings. The second-order valence-corrected chi connectivity index (χ2v) is 6.34. The van der Waals surface area contributed by atoms with E-state index in [9.17, 15) is 9.59 Å². The first kappa shape index (κ1) is 20.1. The monoisotopic (exact) mass is 394 g/mol. The van der Waals surface area contributed by atoms with Gasteiger partial charge < -0.3 is 19.9 Å². The van der Waals surface area contributed by atoms with Gasteiger partial charge in [0.25, 0.3) is 5.91 Å². The second kappa shape index (κ2) is 9.50. The quantitative estimate of drug-likeness (QED) is 0.569. The average molecular weight is 394 g/mol. The highest BCUT2D eigenvalue weighted by Gasteiger charge is 2.15. The van der Waals surface area contributed by atoms with Crippen molar-refractivity contribution in [3.05, 3.63) is 65.5 Å². The third kappa shape index (κ3) is 5.41. The minimum Gasteiger partial charge on any atom is -0.473 e. The molecule has 2 amide bonds. The number of amides is 2. The number of ether oxygens (including phenoxy) is 1. The first-order valence-electron chi connectivity index (χ1n) is 9.16. The first-order chi connectivity index (χ1) is 14.0. The number of carbonyl (C=O) groups is 2. The van der Waals surface area contributed by atoms with Crippen molar-refractivity contribution < 1.29 is 18.8 Å². The number of hydrogen-bond donors (Lipinski definition) is 2. The van der Waals surface area contributed by atoms with E-state index in [-0.39, 0.29) is 18.4 Å². The number of rotatable bonds is 8. The van der Waals surface area contributed by atoms with Crippen LogP contribution >= 0.6 is 0 Å². The predicted octanol–water partition coefficient (Wildman–Crippen LogP) is 2.49. The van der Waals surface area contributed by atoms with E-state index in [0.29, 0.717) is 30.3 Å². The Morgan fingerprint density at radius 3 is 2.52 bits per heavy atom. The van der Waals surface area contributed by atoms with Crippen LogP contribution in [0.3, 0.4) is 0 Å². The number of nitrogens with zero attached hydrogens (tertiary/aromatic N) is 2. The number of pyridine rings is 1. The Balaban J connectivity index is 1.58. The number of benzene rings is 1. The van der Waals surface area contributed by atoms with Gasteiger partial charge in [0, 0.05) is 37.8 Å². The smallest absolute Gasteiger partial charge is 0.252 e. The Morgan fingerprint density at radius 1 is 1.07 bits per heavy atom. The summed E-state index contributed by atoms with van der Waals surface area (Å²) in [4.78, 5) is 27.1. The van der Waals surface area contributed by atoms with Crippen LogP contribution in [-0.2, 0) is 11.4 Å². The molecule has 0 atom stereocenters. The Hall–Kier alpha value is -3.68. The van der Waals surface area contributed by atoms with Gasteiger partial charge >= 0.3 is 0 Å². The minimum atomic E-state index is -0.268. The molecule has 2 aromatic heterocycles. The van der Waals surface area contributed by atoms with Crippen molar-refractivity contribution in [1.82, 2.24) is 20.8 Å². The van der Waals surface area contributed by atoms with Gasteiger partial charge in [0.15, 0.2) is 0 Å². The number of hydrogen-bond acceptors (Lipinski definition) is 6. The van der Waals surface area contributed by atoms with E-state index in [1.165, 1.54) is 13.1 Å². The van der Waals surface area contributed by atoms with Crippen molar-refractivity contribution in [1.29, 1.82) is 0 Å². The molecule has 0 radical (unpaired) electrons. The highest BCUT2D eigenvalue weighted by Crippen LogP contribution is 2.26. The fourth-order valence-corrected chi connectivity index (χ4v) is 2.65. The number of aryl methyl sites for hydroxylation is 1. The van der Waals surface area contributed by atoms with Crippen LogP contribution in [0.1, 0.15) is 28.6 Å². The summed E-state index contributed by atoms with van der Waals surface area (Å²) in [5, 5.41) is 9.44. The summed E-state index contributed by atoms with van der Waals surface area (Å²) in [7, 11) is 0. The lowest BCUT2D eigenvalue weighted by Crippen LogP contribution is -2.33. The van der Waals surface area contributed by atoms with Crippen LogP contribution in [-0.4, -0.2) is 35.0 Å². The molecule has 1 aromatic carbocycles. The first-order valence-corrected chi connectivity index (χ1v) is 9.16. The number of nitrogens with one attached hydrogen (secondary N) is 2. The Kier molecular flexibility index (Phi) is 6.57. The van der Waals surface area contributed by atoms with E-state index in [1.54, 1.807) is 12.1 Å². The molecule has 0 aliphatic heterocycles. The van der Waals surface area contributed by atoms with Crippen molar-refractivity contribution in [2.75, 3.05) is 13.1 Å². The lowest BCUT2D eigenvalue weighted by molar-refractivity contribution is -0.118. The van der Waals surface area contributed by atoms with E-state index in [1.807, 2.05) is 37.3 Å². The molecule has 0 saturated carbocycles. The summed E-state index contributed by atoms with van der Waals surface area (Å²) in [6.45, 7) is 4.21. The van der Waals surface area contributed by atoms with Crippen LogP contribution in [0.2, 0.25) is 0 Å².